The van der Waals surface area contributed by atoms with Gasteiger partial charge in [0.05, 0.1) is 3.79 Å². The molecule has 0 amide bonds. The van der Waals surface area contributed by atoms with Gasteiger partial charge in [0.1, 0.15) is 0 Å². The van der Waals surface area contributed by atoms with Crippen molar-refractivity contribution in [2.45, 2.75) is 49.8 Å². The average Bonchev–Trinajstić information content (AvgIpc) is 2.74. The number of hydrogen-bond acceptors (Lipinski definition) is 1. The third-order valence-electron chi connectivity index (χ3n) is 3.46. The molecule has 0 bridgehead atoms. The zero-order valence-electron chi connectivity index (χ0n) is 9.42. The number of alkyl halides is 1. The monoisotopic (exact) mass is 364 g/mol. The van der Waals surface area contributed by atoms with Gasteiger partial charge in [-0.15, -0.1) is 11.3 Å². The summed E-state index contributed by atoms with van der Waals surface area (Å²) >= 11 is 9.19. The largest absolute Gasteiger partial charge is 0.132 e. The van der Waals surface area contributed by atoms with Gasteiger partial charge in [-0.2, -0.15) is 0 Å². The van der Waals surface area contributed by atoms with Crippen molar-refractivity contribution in [2.75, 3.05) is 0 Å². The Morgan fingerprint density at radius 1 is 1.25 bits per heavy atom. The second-order valence-corrected chi connectivity index (χ2v) is 8.29. The maximum absolute atomic E-state index is 3.82. The number of hydrogen-bond donors (Lipinski definition) is 0. The van der Waals surface area contributed by atoms with Gasteiger partial charge in [-0.05, 0) is 46.8 Å². The minimum Gasteiger partial charge on any atom is -0.132 e. The van der Waals surface area contributed by atoms with Gasteiger partial charge in [0.25, 0.3) is 0 Å². The minimum atomic E-state index is 0.561. The van der Waals surface area contributed by atoms with Gasteiger partial charge >= 0.3 is 0 Å². The average molecular weight is 366 g/mol. The molecule has 0 spiro atoms. The van der Waals surface area contributed by atoms with Crippen LogP contribution in [-0.2, 0) is 0 Å². The normalized spacial score (nSPS) is 19.9. The van der Waals surface area contributed by atoms with Gasteiger partial charge in [-0.1, -0.05) is 48.0 Å². The van der Waals surface area contributed by atoms with Crippen molar-refractivity contribution in [3.63, 3.8) is 0 Å². The Bertz CT molecular complexity index is 315. The van der Waals surface area contributed by atoms with E-state index in [0.717, 1.165) is 5.92 Å². The van der Waals surface area contributed by atoms with E-state index in [2.05, 4.69) is 44.0 Å². The summed E-state index contributed by atoms with van der Waals surface area (Å²) in [6, 6.07) is 4.38. The van der Waals surface area contributed by atoms with Crippen molar-refractivity contribution in [2.24, 2.45) is 5.92 Å². The highest BCUT2D eigenvalue weighted by Crippen LogP contribution is 2.37. The van der Waals surface area contributed by atoms with Crippen molar-refractivity contribution in [1.29, 1.82) is 0 Å². The maximum Gasteiger partial charge on any atom is 0.0701 e. The second kappa shape index (κ2) is 6.55. The number of halogens is 2. The van der Waals surface area contributed by atoms with Crippen LogP contribution in [0.3, 0.4) is 0 Å². The summed E-state index contributed by atoms with van der Waals surface area (Å²) in [7, 11) is 0. The Morgan fingerprint density at radius 2 is 2.00 bits per heavy atom. The molecule has 1 atom stereocenters. The molecule has 1 aliphatic carbocycles. The van der Waals surface area contributed by atoms with E-state index < -0.39 is 0 Å². The summed E-state index contributed by atoms with van der Waals surface area (Å²) in [6.45, 7) is 0. The summed E-state index contributed by atoms with van der Waals surface area (Å²) in [6.07, 6.45) is 10.0. The molecular weight excluding hydrogens is 348 g/mol. The van der Waals surface area contributed by atoms with E-state index in [0.29, 0.717) is 4.83 Å². The van der Waals surface area contributed by atoms with Crippen molar-refractivity contribution < 1.29 is 0 Å². The highest BCUT2D eigenvalue weighted by Gasteiger charge is 2.16. The molecular formula is C13H18Br2S. The molecule has 0 nitrogen and oxygen atoms in total. The molecule has 0 aromatic carbocycles. The zero-order valence-corrected chi connectivity index (χ0v) is 13.4. The van der Waals surface area contributed by atoms with Crippen LogP contribution in [0.2, 0.25) is 0 Å². The summed E-state index contributed by atoms with van der Waals surface area (Å²) in [5.41, 5.74) is 0. The lowest BCUT2D eigenvalue weighted by Crippen LogP contribution is -2.06. The van der Waals surface area contributed by atoms with Crippen LogP contribution in [0.5, 0.6) is 0 Å². The molecule has 1 unspecified atom stereocenters. The van der Waals surface area contributed by atoms with Gasteiger partial charge < -0.3 is 0 Å². The Hall–Kier alpha value is 0.660. The van der Waals surface area contributed by atoms with E-state index in [4.69, 9.17) is 0 Å². The standard InChI is InChI=1S/C13H18Br2S/c14-11(12-8-9-13(15)16-12)7-6-10-4-2-1-3-5-10/h8-11H,1-7H2. The van der Waals surface area contributed by atoms with E-state index in [9.17, 15) is 0 Å². The molecule has 1 aromatic rings. The predicted molar refractivity (Wildman–Crippen MR) is 79.5 cm³/mol. The number of thiophene rings is 1. The highest BCUT2D eigenvalue weighted by molar-refractivity contribution is 9.11. The van der Waals surface area contributed by atoms with Crippen LogP contribution in [0.1, 0.15) is 54.7 Å². The molecule has 0 N–H and O–H groups in total. The first-order valence-electron chi connectivity index (χ1n) is 6.15. The van der Waals surface area contributed by atoms with Crippen LogP contribution >= 0.6 is 43.2 Å². The Labute approximate surface area is 119 Å². The fraction of sp³-hybridized carbons (Fsp3) is 0.692. The third kappa shape index (κ3) is 3.85. The lowest BCUT2D eigenvalue weighted by molar-refractivity contribution is 0.332. The quantitative estimate of drug-likeness (QED) is 0.548. The molecule has 0 radical (unpaired) electrons. The zero-order chi connectivity index (χ0) is 11.4. The van der Waals surface area contributed by atoms with Crippen LogP contribution in [0, 0.1) is 5.92 Å². The Kier molecular flexibility index (Phi) is 5.37. The third-order valence-corrected chi connectivity index (χ3v) is 6.45. The van der Waals surface area contributed by atoms with Gasteiger partial charge in [0.15, 0.2) is 0 Å². The fourth-order valence-corrected chi connectivity index (χ4v) is 4.63. The van der Waals surface area contributed by atoms with Crippen molar-refractivity contribution in [1.82, 2.24) is 0 Å². The highest BCUT2D eigenvalue weighted by atomic mass is 79.9. The van der Waals surface area contributed by atoms with Crippen molar-refractivity contribution in [3.8, 4) is 0 Å². The molecule has 1 saturated carbocycles. The van der Waals surface area contributed by atoms with Gasteiger partial charge in [-0.3, -0.25) is 0 Å². The molecule has 16 heavy (non-hydrogen) atoms. The molecule has 3 heteroatoms. The van der Waals surface area contributed by atoms with E-state index in [1.165, 1.54) is 53.6 Å². The van der Waals surface area contributed by atoms with Crippen LogP contribution in [0.25, 0.3) is 0 Å². The van der Waals surface area contributed by atoms with Gasteiger partial charge in [-0.25, -0.2) is 0 Å². The second-order valence-electron chi connectivity index (χ2n) is 4.69. The van der Waals surface area contributed by atoms with Crippen LogP contribution in [-0.4, -0.2) is 0 Å². The maximum atomic E-state index is 3.82. The summed E-state index contributed by atoms with van der Waals surface area (Å²) in [5, 5.41) is 0. The first-order chi connectivity index (χ1) is 7.75. The van der Waals surface area contributed by atoms with E-state index in [1.54, 1.807) is 0 Å². The number of rotatable bonds is 4. The first kappa shape index (κ1) is 13.1. The molecule has 0 saturated heterocycles. The summed E-state index contributed by atoms with van der Waals surface area (Å²) < 4.78 is 1.24. The van der Waals surface area contributed by atoms with E-state index in [1.807, 2.05) is 11.3 Å². The molecule has 1 aliphatic rings. The van der Waals surface area contributed by atoms with E-state index >= 15 is 0 Å². The molecule has 0 aliphatic heterocycles. The molecule has 90 valence electrons. The topological polar surface area (TPSA) is 0 Å². The fourth-order valence-electron chi connectivity index (χ4n) is 2.50. The van der Waals surface area contributed by atoms with Crippen molar-refractivity contribution >= 4 is 43.2 Å². The lowest BCUT2D eigenvalue weighted by atomic mass is 9.86. The molecule has 1 aromatic heterocycles. The molecule has 1 heterocycles. The van der Waals surface area contributed by atoms with E-state index in [-0.39, 0.29) is 0 Å². The minimum absolute atomic E-state index is 0.561. The summed E-state index contributed by atoms with van der Waals surface area (Å²) in [5.74, 6) is 0.997. The SMILES string of the molecule is Brc1ccc(C(Br)CCC2CCCCC2)s1. The molecule has 1 fully saturated rings. The summed E-state index contributed by atoms with van der Waals surface area (Å²) in [4.78, 5) is 2.02. The smallest absolute Gasteiger partial charge is 0.0701 e. The van der Waals surface area contributed by atoms with Crippen LogP contribution < -0.4 is 0 Å². The Morgan fingerprint density at radius 3 is 2.62 bits per heavy atom. The van der Waals surface area contributed by atoms with Crippen molar-refractivity contribution in [3.05, 3.63) is 20.8 Å². The van der Waals surface area contributed by atoms with Gasteiger partial charge in [0, 0.05) is 9.70 Å². The molecule has 2 rings (SSSR count). The lowest BCUT2D eigenvalue weighted by Gasteiger charge is -2.22. The van der Waals surface area contributed by atoms with Crippen LogP contribution in [0.4, 0.5) is 0 Å². The Balaban J connectivity index is 1.76. The van der Waals surface area contributed by atoms with Gasteiger partial charge in [0.2, 0.25) is 0 Å². The first-order valence-corrected chi connectivity index (χ1v) is 8.67. The van der Waals surface area contributed by atoms with Crippen LogP contribution in [0.15, 0.2) is 15.9 Å². The predicted octanol–water partition coefficient (Wildman–Crippen LogP) is 6.31.